The lowest BCUT2D eigenvalue weighted by Gasteiger charge is -2.58. The Morgan fingerprint density at radius 2 is 1.17 bits per heavy atom. The van der Waals surface area contributed by atoms with E-state index in [9.17, 15) is 29.4 Å². The number of piperazine rings is 1. The number of carbonyl (C=O) groups is 4. The lowest BCUT2D eigenvalue weighted by atomic mass is 9.91. The number of carbonyl (C=O) groups excluding carboxylic acids is 4. The van der Waals surface area contributed by atoms with Crippen LogP contribution in [-0.4, -0.2) is 90.0 Å². The predicted octanol–water partition coefficient (Wildman–Crippen LogP) is 3.75. The topological polar surface area (TPSA) is 152 Å². The zero-order valence-corrected chi connectivity index (χ0v) is 29.6. The molecule has 5 fully saturated rings. The number of fused-ring (bicyclic) bond motifs is 3. The maximum absolute atomic E-state index is 14.8. The van der Waals surface area contributed by atoms with Gasteiger partial charge in [0, 0.05) is 12.8 Å². The van der Waals surface area contributed by atoms with Crippen LogP contribution in [0.4, 0.5) is 0 Å². The first kappa shape index (κ1) is 34.9. The summed E-state index contributed by atoms with van der Waals surface area (Å²) >= 11 is 0. The van der Waals surface area contributed by atoms with Crippen LogP contribution in [0, 0.1) is 23.7 Å². The van der Waals surface area contributed by atoms with E-state index in [1.165, 1.54) is 46.6 Å². The van der Waals surface area contributed by atoms with E-state index >= 15 is 0 Å². The second kappa shape index (κ2) is 13.1. The van der Waals surface area contributed by atoms with Gasteiger partial charge in [-0.25, -0.2) is 0 Å². The number of nitrogens with zero attached hydrogens (tertiary/aromatic N) is 2. The number of hydrogen-bond acceptors (Lipinski definition) is 12. The summed E-state index contributed by atoms with van der Waals surface area (Å²) in [5.74, 6) is -3.76. The van der Waals surface area contributed by atoms with Crippen molar-refractivity contribution < 1.29 is 48.3 Å². The third-order valence-electron chi connectivity index (χ3n) is 10.9. The Balaban J connectivity index is 1.31. The van der Waals surface area contributed by atoms with Crippen LogP contribution < -0.4 is 0 Å². The summed E-state index contributed by atoms with van der Waals surface area (Å²) < 4.78 is 23.2. The highest BCUT2D eigenvalue weighted by atomic mass is 33.1. The van der Waals surface area contributed by atoms with Gasteiger partial charge in [-0.3, -0.25) is 19.2 Å². The molecule has 0 aromatic heterocycles. The summed E-state index contributed by atoms with van der Waals surface area (Å²) in [4.78, 5) is 56.7. The van der Waals surface area contributed by atoms with Crippen molar-refractivity contribution >= 4 is 45.3 Å². The van der Waals surface area contributed by atoms with Crippen LogP contribution in [0.15, 0.2) is 48.3 Å². The van der Waals surface area contributed by atoms with Crippen LogP contribution in [0.25, 0.3) is 0 Å². The minimum absolute atomic E-state index is 0.124. The number of hydrogen-bond donors (Lipinski definition) is 2. The van der Waals surface area contributed by atoms with Crippen molar-refractivity contribution in [3.63, 3.8) is 0 Å². The third-order valence-corrected chi connectivity index (χ3v) is 14.5. The number of esters is 2. The molecule has 262 valence electrons. The predicted molar refractivity (Wildman–Crippen MR) is 177 cm³/mol. The van der Waals surface area contributed by atoms with Crippen LogP contribution in [0.2, 0.25) is 0 Å². The van der Waals surface area contributed by atoms with Crippen LogP contribution in [0.3, 0.4) is 0 Å². The first-order valence-corrected chi connectivity index (χ1v) is 18.8. The second-order valence-electron chi connectivity index (χ2n) is 13.8. The number of rotatable bonds is 10. The van der Waals surface area contributed by atoms with Gasteiger partial charge in [0.2, 0.25) is 0 Å². The molecule has 2 amide bonds. The van der Waals surface area contributed by atoms with Gasteiger partial charge in [-0.2, -0.15) is 0 Å². The Labute approximate surface area is 288 Å². The molecule has 0 aromatic carbocycles. The molecule has 48 heavy (non-hydrogen) atoms. The van der Waals surface area contributed by atoms with Crippen molar-refractivity contribution in [2.24, 2.45) is 23.7 Å². The van der Waals surface area contributed by atoms with Crippen molar-refractivity contribution in [2.45, 2.75) is 113 Å². The first-order chi connectivity index (χ1) is 22.8. The molecule has 2 N–H and O–H groups in total. The van der Waals surface area contributed by atoms with Crippen LogP contribution >= 0.6 is 21.6 Å². The molecule has 7 heterocycles. The maximum atomic E-state index is 14.8. The summed E-state index contributed by atoms with van der Waals surface area (Å²) in [6, 6.07) is -1.62. The van der Waals surface area contributed by atoms with E-state index in [0.29, 0.717) is 24.0 Å². The van der Waals surface area contributed by atoms with Gasteiger partial charge in [-0.05, 0) is 49.0 Å². The fourth-order valence-electron chi connectivity index (χ4n) is 7.46. The molecule has 2 bridgehead atoms. The van der Waals surface area contributed by atoms with E-state index in [2.05, 4.69) is 0 Å². The van der Waals surface area contributed by atoms with Crippen LogP contribution in [-0.2, 0) is 38.1 Å². The highest BCUT2D eigenvalue weighted by Gasteiger charge is 2.78. The van der Waals surface area contributed by atoms with E-state index in [0.717, 1.165) is 0 Å². The van der Waals surface area contributed by atoms with Crippen LogP contribution in [0.1, 0.15) is 67.2 Å². The van der Waals surface area contributed by atoms with Gasteiger partial charge >= 0.3 is 11.9 Å². The summed E-state index contributed by atoms with van der Waals surface area (Å²) in [6.45, 7) is 10.8. The first-order valence-electron chi connectivity index (χ1n) is 16.7. The fourth-order valence-corrected chi connectivity index (χ4v) is 11.2. The Bertz CT molecular complexity index is 1370. The highest BCUT2D eigenvalue weighted by Crippen LogP contribution is 2.69. The highest BCUT2D eigenvalue weighted by molar-refractivity contribution is 8.78. The van der Waals surface area contributed by atoms with E-state index in [1.807, 2.05) is 27.7 Å². The number of aliphatic hydroxyl groups excluding tert-OH is 2. The average Bonchev–Trinajstić information content (AvgIpc) is 3.45. The molecule has 7 rings (SSSR count). The van der Waals surface area contributed by atoms with Gasteiger partial charge < -0.3 is 39.0 Å². The quantitative estimate of drug-likeness (QED) is 0.252. The van der Waals surface area contributed by atoms with E-state index in [-0.39, 0.29) is 36.5 Å². The van der Waals surface area contributed by atoms with E-state index in [1.54, 1.807) is 35.8 Å². The summed E-state index contributed by atoms with van der Waals surface area (Å²) in [7, 11) is 2.61. The third kappa shape index (κ3) is 5.28. The molecule has 5 saturated heterocycles. The largest absolute Gasteiger partial charge is 0.473 e. The van der Waals surface area contributed by atoms with Crippen molar-refractivity contribution in [3.8, 4) is 0 Å². The molecule has 2 spiro atoms. The zero-order chi connectivity index (χ0) is 34.7. The van der Waals surface area contributed by atoms with Crippen LogP contribution in [0.5, 0.6) is 0 Å². The molecule has 0 aromatic rings. The average molecular weight is 705 g/mol. The molecular formula is C34H44N2O10S2. The number of aliphatic hydroxyl groups is 2. The molecule has 12 atom stereocenters. The minimum atomic E-state index is -1.37. The van der Waals surface area contributed by atoms with Gasteiger partial charge in [0.15, 0.2) is 9.74 Å². The van der Waals surface area contributed by atoms with E-state index in [4.69, 9.17) is 18.9 Å². The Morgan fingerprint density at radius 1 is 0.792 bits per heavy atom. The summed E-state index contributed by atoms with van der Waals surface area (Å²) in [6.07, 6.45) is 6.80. The Hall–Kier alpha value is -2.94. The van der Waals surface area contributed by atoms with Crippen molar-refractivity contribution in [1.29, 1.82) is 0 Å². The van der Waals surface area contributed by atoms with Crippen molar-refractivity contribution in [3.05, 3.63) is 48.3 Å². The maximum Gasteiger partial charge on any atom is 0.311 e. The van der Waals surface area contributed by atoms with Gasteiger partial charge in [-0.1, -0.05) is 62.1 Å². The smallest absolute Gasteiger partial charge is 0.311 e. The van der Waals surface area contributed by atoms with Gasteiger partial charge in [0.25, 0.3) is 11.8 Å². The monoisotopic (exact) mass is 704 g/mol. The molecule has 12 unspecified atom stereocenters. The molecular weight excluding hydrogens is 661 g/mol. The molecule has 14 heteroatoms. The molecule has 0 saturated carbocycles. The van der Waals surface area contributed by atoms with E-state index < -0.39 is 70.0 Å². The number of amides is 2. The Morgan fingerprint density at radius 3 is 1.52 bits per heavy atom. The fraction of sp³-hybridized carbons (Fsp3) is 0.647. The summed E-state index contributed by atoms with van der Waals surface area (Å²) in [5, 5.41) is 21.5. The second-order valence-corrected chi connectivity index (χ2v) is 16.5. The molecule has 12 nitrogen and oxygen atoms in total. The number of ether oxygens (including phenoxy) is 4. The SMILES string of the molecule is CCC(C)C(O)C(C)C(=O)OC1C=COC=C2CC34SSC5(CC6=COC=CC(OC(=O)C(C)C(O)C(C)CC)C6N5C3=O)C(=O)N4C21. The lowest BCUT2D eigenvalue weighted by Crippen LogP contribution is -2.77. The zero-order valence-electron chi connectivity index (χ0n) is 27.9. The minimum Gasteiger partial charge on any atom is -0.473 e. The molecule has 0 radical (unpaired) electrons. The standard InChI is InChI=1S/C34H44N2O10S2/c1-7-17(3)27(37)19(5)29(39)45-23-9-11-43-15-21-13-33-32(42)36-26-22(14-34(36,48-47-33)31(41)35(33)25(21)23)16-44-12-10-24(26)46-30(40)20(6)28(38)18(4)8-2/h9-12,15-20,23-28,37-38H,7-8,13-14H2,1-6H3. The van der Waals surface area contributed by atoms with Gasteiger partial charge in [-0.15, -0.1) is 0 Å². The summed E-state index contributed by atoms with van der Waals surface area (Å²) in [5.41, 5.74) is 1.24. The van der Waals surface area contributed by atoms with Gasteiger partial charge in [0.1, 0.15) is 12.2 Å². The van der Waals surface area contributed by atoms with Crippen molar-refractivity contribution in [1.82, 2.24) is 9.80 Å². The van der Waals surface area contributed by atoms with Gasteiger partial charge in [0.05, 0.1) is 61.2 Å². The van der Waals surface area contributed by atoms with Crippen molar-refractivity contribution in [2.75, 3.05) is 0 Å². The molecule has 0 aliphatic carbocycles. The molecule has 7 aliphatic rings. The lowest BCUT2D eigenvalue weighted by molar-refractivity contribution is -0.174. The normalized spacial score (nSPS) is 35.2. The molecule has 7 aliphatic heterocycles. The Kier molecular flexibility index (Phi) is 9.50.